The van der Waals surface area contributed by atoms with Crippen molar-refractivity contribution in [3.63, 3.8) is 0 Å². The lowest BCUT2D eigenvalue weighted by atomic mass is 10.2. The van der Waals surface area contributed by atoms with Gasteiger partial charge in [-0.3, -0.25) is 0 Å². The lowest BCUT2D eigenvalue weighted by Crippen LogP contribution is -2.36. The van der Waals surface area contributed by atoms with E-state index in [-0.39, 0.29) is 25.5 Å². The molecular weight excluding hydrogens is 235 g/mol. The van der Waals surface area contributed by atoms with E-state index in [1.54, 1.807) is 6.07 Å². The van der Waals surface area contributed by atoms with Gasteiger partial charge in [-0.05, 0) is 17.7 Å². The van der Waals surface area contributed by atoms with E-state index in [1.165, 1.54) is 12.3 Å². The molecule has 0 aliphatic carbocycles. The molecule has 0 atom stereocenters. The average Bonchev–Trinajstić information content (AvgIpc) is 2.27. The predicted octanol–water partition coefficient (Wildman–Crippen LogP) is 0.901. The second-order valence-corrected chi connectivity index (χ2v) is 3.49. The number of pyridine rings is 1. The number of nitrogens with zero attached hydrogens (tertiary/aromatic N) is 2. The van der Waals surface area contributed by atoms with Crippen molar-refractivity contribution >= 4 is 5.82 Å². The van der Waals surface area contributed by atoms with Gasteiger partial charge in [0.2, 0.25) is 0 Å². The molecule has 0 aliphatic heterocycles. The third-order valence-corrected chi connectivity index (χ3v) is 2.11. The maximum absolute atomic E-state index is 12.3. The minimum Gasteiger partial charge on any atom is -0.395 e. The van der Waals surface area contributed by atoms with Crippen LogP contribution in [0.4, 0.5) is 19.0 Å². The van der Waals surface area contributed by atoms with Crippen molar-refractivity contribution in [3.05, 3.63) is 23.9 Å². The molecule has 0 fully saturated rings. The van der Waals surface area contributed by atoms with Gasteiger partial charge in [0.25, 0.3) is 0 Å². The van der Waals surface area contributed by atoms with Crippen LogP contribution in [0, 0.1) is 0 Å². The highest BCUT2D eigenvalue weighted by atomic mass is 19.4. The van der Waals surface area contributed by atoms with Gasteiger partial charge in [0.05, 0.1) is 6.61 Å². The predicted molar refractivity (Wildman–Crippen MR) is 57.5 cm³/mol. The van der Waals surface area contributed by atoms with Gasteiger partial charge < -0.3 is 15.7 Å². The van der Waals surface area contributed by atoms with Gasteiger partial charge in [-0.25, -0.2) is 4.98 Å². The first-order valence-corrected chi connectivity index (χ1v) is 5.04. The monoisotopic (exact) mass is 249 g/mol. The molecule has 0 aromatic carbocycles. The van der Waals surface area contributed by atoms with E-state index >= 15 is 0 Å². The fraction of sp³-hybridized carbons (Fsp3) is 0.500. The van der Waals surface area contributed by atoms with Crippen molar-refractivity contribution in [3.8, 4) is 0 Å². The number of hydrogen-bond donors (Lipinski definition) is 2. The van der Waals surface area contributed by atoms with Crippen LogP contribution in [-0.2, 0) is 6.54 Å². The first kappa shape index (κ1) is 13.7. The van der Waals surface area contributed by atoms with Crippen molar-refractivity contribution in [2.45, 2.75) is 12.7 Å². The van der Waals surface area contributed by atoms with E-state index < -0.39 is 12.7 Å². The number of aromatic nitrogens is 1. The highest BCUT2D eigenvalue weighted by molar-refractivity contribution is 5.41. The zero-order valence-electron chi connectivity index (χ0n) is 9.11. The summed E-state index contributed by atoms with van der Waals surface area (Å²) in [4.78, 5) is 4.82. The summed E-state index contributed by atoms with van der Waals surface area (Å²) in [7, 11) is 0. The third-order valence-electron chi connectivity index (χ3n) is 2.11. The van der Waals surface area contributed by atoms with Gasteiger partial charge in [-0.2, -0.15) is 13.2 Å². The Labute approximate surface area is 96.9 Å². The zero-order valence-corrected chi connectivity index (χ0v) is 9.11. The maximum atomic E-state index is 12.3. The molecule has 1 heterocycles. The second-order valence-electron chi connectivity index (χ2n) is 3.49. The van der Waals surface area contributed by atoms with Crippen LogP contribution in [0.3, 0.4) is 0 Å². The molecule has 17 heavy (non-hydrogen) atoms. The molecule has 0 unspecified atom stereocenters. The number of hydrogen-bond acceptors (Lipinski definition) is 4. The van der Waals surface area contributed by atoms with Crippen LogP contribution in [0.1, 0.15) is 5.56 Å². The van der Waals surface area contributed by atoms with Crippen molar-refractivity contribution in [2.75, 3.05) is 24.6 Å². The molecule has 7 heteroatoms. The first-order chi connectivity index (χ1) is 7.96. The number of nitrogens with two attached hydrogens (primary N) is 1. The average molecular weight is 249 g/mol. The molecule has 0 aliphatic rings. The molecule has 1 aromatic heterocycles. The smallest absolute Gasteiger partial charge is 0.395 e. The lowest BCUT2D eigenvalue weighted by Gasteiger charge is -2.24. The van der Waals surface area contributed by atoms with Crippen molar-refractivity contribution in [2.24, 2.45) is 5.73 Å². The number of alkyl halides is 3. The Kier molecular flexibility index (Phi) is 4.71. The summed E-state index contributed by atoms with van der Waals surface area (Å²) in [6.45, 7) is -1.41. The van der Waals surface area contributed by atoms with Crippen LogP contribution in [0.5, 0.6) is 0 Å². The third kappa shape index (κ3) is 4.58. The summed E-state index contributed by atoms with van der Waals surface area (Å²) in [6, 6.07) is 3.12. The topological polar surface area (TPSA) is 62.4 Å². The van der Waals surface area contributed by atoms with Crippen LogP contribution >= 0.6 is 0 Å². The van der Waals surface area contributed by atoms with Gasteiger partial charge >= 0.3 is 6.18 Å². The number of halogens is 3. The Morgan fingerprint density at radius 1 is 1.41 bits per heavy atom. The van der Waals surface area contributed by atoms with Gasteiger partial charge in [-0.1, -0.05) is 0 Å². The zero-order chi connectivity index (χ0) is 12.9. The Bertz CT molecular complexity index is 357. The summed E-state index contributed by atoms with van der Waals surface area (Å²) >= 11 is 0. The van der Waals surface area contributed by atoms with Crippen molar-refractivity contribution < 1.29 is 18.3 Å². The highest BCUT2D eigenvalue weighted by Gasteiger charge is 2.31. The maximum Gasteiger partial charge on any atom is 0.405 e. The van der Waals surface area contributed by atoms with Crippen molar-refractivity contribution in [1.82, 2.24) is 4.98 Å². The van der Waals surface area contributed by atoms with Crippen LogP contribution in [0.25, 0.3) is 0 Å². The van der Waals surface area contributed by atoms with E-state index in [0.717, 1.165) is 4.90 Å². The number of aliphatic hydroxyl groups is 1. The fourth-order valence-electron chi connectivity index (χ4n) is 1.37. The summed E-state index contributed by atoms with van der Waals surface area (Å²) in [6.07, 6.45) is -2.94. The Morgan fingerprint density at radius 2 is 2.12 bits per heavy atom. The van der Waals surface area contributed by atoms with E-state index in [0.29, 0.717) is 5.56 Å². The standard InChI is InChI=1S/C10H14F3N3O/c11-10(12,13)7-16(3-4-17)9-5-8(6-14)1-2-15-9/h1-2,5,17H,3-4,6-7,14H2. The Morgan fingerprint density at radius 3 is 2.65 bits per heavy atom. The molecular formula is C10H14F3N3O. The van der Waals surface area contributed by atoms with Gasteiger partial charge in [-0.15, -0.1) is 0 Å². The molecule has 4 nitrogen and oxygen atoms in total. The summed E-state index contributed by atoms with van der Waals surface area (Å²) in [5, 5.41) is 8.76. The largest absolute Gasteiger partial charge is 0.405 e. The van der Waals surface area contributed by atoms with Gasteiger partial charge in [0, 0.05) is 19.3 Å². The molecule has 3 N–H and O–H groups in total. The number of anilines is 1. The van der Waals surface area contributed by atoms with Crippen LogP contribution in [0.15, 0.2) is 18.3 Å². The van der Waals surface area contributed by atoms with E-state index in [1.807, 2.05) is 0 Å². The molecule has 1 rings (SSSR count). The molecule has 0 bridgehead atoms. The SMILES string of the molecule is NCc1ccnc(N(CCO)CC(F)(F)F)c1. The second kappa shape index (κ2) is 5.83. The molecule has 0 amide bonds. The molecule has 0 saturated carbocycles. The summed E-state index contributed by atoms with van der Waals surface area (Å²) in [5.74, 6) is 0.166. The highest BCUT2D eigenvalue weighted by Crippen LogP contribution is 2.20. The van der Waals surface area contributed by atoms with Crippen molar-refractivity contribution in [1.29, 1.82) is 0 Å². The first-order valence-electron chi connectivity index (χ1n) is 5.04. The van der Waals surface area contributed by atoms with Crippen LogP contribution in [-0.4, -0.2) is 36.0 Å². The normalized spacial score (nSPS) is 11.6. The lowest BCUT2D eigenvalue weighted by molar-refractivity contribution is -0.120. The van der Waals surface area contributed by atoms with Crippen LogP contribution in [0.2, 0.25) is 0 Å². The number of rotatable bonds is 5. The molecule has 96 valence electrons. The fourth-order valence-corrected chi connectivity index (χ4v) is 1.37. The minimum atomic E-state index is -4.34. The summed E-state index contributed by atoms with van der Waals surface area (Å²) < 4.78 is 37.0. The molecule has 0 radical (unpaired) electrons. The molecule has 0 saturated heterocycles. The molecule has 1 aromatic rings. The summed E-state index contributed by atoms with van der Waals surface area (Å²) in [5.41, 5.74) is 6.10. The Balaban J connectivity index is 2.88. The van der Waals surface area contributed by atoms with Gasteiger partial charge in [0.1, 0.15) is 12.4 Å². The Hall–Kier alpha value is -1.34. The van der Waals surface area contributed by atoms with E-state index in [9.17, 15) is 13.2 Å². The minimum absolute atomic E-state index is 0.124. The molecule has 0 spiro atoms. The number of aliphatic hydroxyl groups excluding tert-OH is 1. The van der Waals surface area contributed by atoms with E-state index in [4.69, 9.17) is 10.8 Å². The van der Waals surface area contributed by atoms with E-state index in [2.05, 4.69) is 4.98 Å². The van der Waals surface area contributed by atoms with Crippen LogP contribution < -0.4 is 10.6 Å². The quantitative estimate of drug-likeness (QED) is 0.814. The van der Waals surface area contributed by atoms with Gasteiger partial charge in [0.15, 0.2) is 0 Å².